The van der Waals surface area contributed by atoms with Gasteiger partial charge in [0.1, 0.15) is 12.4 Å². The summed E-state index contributed by atoms with van der Waals surface area (Å²) in [5, 5.41) is 0.649. The quantitative estimate of drug-likeness (QED) is 0.496. The maximum atomic E-state index is 11.6. The van der Waals surface area contributed by atoms with Gasteiger partial charge < -0.3 is 14.5 Å². The number of rotatable bonds is 6. The van der Waals surface area contributed by atoms with Gasteiger partial charge in [-0.15, -0.1) is 11.3 Å². The summed E-state index contributed by atoms with van der Waals surface area (Å²) >= 11 is 6.57. The molecule has 23 heavy (non-hydrogen) atoms. The van der Waals surface area contributed by atoms with Crippen LogP contribution < -0.4 is 14.6 Å². The number of aromatic nitrogens is 1. The van der Waals surface area contributed by atoms with Crippen LogP contribution in [0.5, 0.6) is 5.75 Å². The number of esters is 1. The van der Waals surface area contributed by atoms with Gasteiger partial charge in [0.25, 0.3) is 0 Å². The molecule has 0 spiro atoms. The summed E-state index contributed by atoms with van der Waals surface area (Å²) in [6, 6.07) is 7.66. The van der Waals surface area contributed by atoms with E-state index < -0.39 is 5.97 Å². The van der Waals surface area contributed by atoms with Crippen LogP contribution in [-0.4, -0.2) is 24.2 Å². The van der Waals surface area contributed by atoms with Crippen LogP contribution >= 0.6 is 23.6 Å². The Kier molecular flexibility index (Phi) is 6.31. The minimum absolute atomic E-state index is 0.335. The van der Waals surface area contributed by atoms with Gasteiger partial charge >= 0.3 is 5.97 Å². The van der Waals surface area contributed by atoms with Crippen LogP contribution in [0.3, 0.4) is 0 Å². The van der Waals surface area contributed by atoms with Gasteiger partial charge in [-0.3, -0.25) is 0 Å². The molecule has 1 aromatic heterocycles. The van der Waals surface area contributed by atoms with Crippen molar-refractivity contribution in [3.8, 4) is 5.75 Å². The van der Waals surface area contributed by atoms with E-state index in [0.29, 0.717) is 22.5 Å². The van der Waals surface area contributed by atoms with Crippen molar-refractivity contribution >= 4 is 41.7 Å². The average molecular weight is 347 g/mol. The SMILES string of the molecule is C=CCOc1cccc(/C=c2\sc(=S)[nH]\c2=C/C(=O)OCC)c1. The molecule has 0 radical (unpaired) electrons. The molecular weight excluding hydrogens is 330 g/mol. The molecule has 2 aromatic rings. The molecule has 4 nitrogen and oxygen atoms in total. The molecule has 0 fully saturated rings. The van der Waals surface area contributed by atoms with Gasteiger partial charge in [-0.2, -0.15) is 0 Å². The highest BCUT2D eigenvalue weighted by atomic mass is 32.1. The first-order chi connectivity index (χ1) is 11.1. The number of aromatic amines is 1. The number of hydrogen-bond acceptors (Lipinski definition) is 5. The molecular formula is C17H17NO3S2. The number of carbonyl (C=O) groups is 1. The van der Waals surface area contributed by atoms with Crippen molar-refractivity contribution in [3.63, 3.8) is 0 Å². The van der Waals surface area contributed by atoms with Crippen molar-refractivity contribution < 1.29 is 14.3 Å². The topological polar surface area (TPSA) is 51.3 Å². The van der Waals surface area contributed by atoms with Gasteiger partial charge in [-0.1, -0.05) is 24.8 Å². The maximum Gasteiger partial charge on any atom is 0.332 e. The fourth-order valence-electron chi connectivity index (χ4n) is 1.87. The Hall–Kier alpha value is -2.18. The number of nitrogens with one attached hydrogen (secondary N) is 1. The van der Waals surface area contributed by atoms with E-state index in [9.17, 15) is 4.79 Å². The Labute approximate surface area is 143 Å². The Bertz CT molecular complexity index is 864. The highest BCUT2D eigenvalue weighted by molar-refractivity contribution is 7.73. The number of hydrogen-bond donors (Lipinski definition) is 1. The summed E-state index contributed by atoms with van der Waals surface area (Å²) in [6.07, 6.45) is 5.06. The van der Waals surface area contributed by atoms with Crippen LogP contribution in [-0.2, 0) is 9.53 Å². The van der Waals surface area contributed by atoms with E-state index in [1.807, 2.05) is 30.3 Å². The minimum atomic E-state index is -0.394. The van der Waals surface area contributed by atoms with Crippen molar-refractivity contribution in [2.24, 2.45) is 0 Å². The van der Waals surface area contributed by atoms with Crippen molar-refractivity contribution in [1.29, 1.82) is 0 Å². The second-order valence-corrected chi connectivity index (χ2v) is 6.22. The van der Waals surface area contributed by atoms with Crippen molar-refractivity contribution in [2.75, 3.05) is 13.2 Å². The minimum Gasteiger partial charge on any atom is -0.490 e. The molecule has 0 saturated carbocycles. The molecule has 0 aliphatic rings. The predicted molar refractivity (Wildman–Crippen MR) is 95.6 cm³/mol. The first kappa shape index (κ1) is 17.2. The van der Waals surface area contributed by atoms with E-state index in [-0.39, 0.29) is 0 Å². The van der Waals surface area contributed by atoms with Gasteiger partial charge in [-0.05, 0) is 42.9 Å². The number of ether oxygens (including phenoxy) is 2. The number of carbonyl (C=O) groups excluding carboxylic acids is 1. The Morgan fingerprint density at radius 1 is 1.48 bits per heavy atom. The van der Waals surface area contributed by atoms with Gasteiger partial charge in [0.05, 0.1) is 16.5 Å². The fourth-order valence-corrected chi connectivity index (χ4v) is 3.02. The maximum absolute atomic E-state index is 11.6. The molecule has 0 unspecified atom stereocenters. The lowest BCUT2D eigenvalue weighted by Gasteiger charge is -2.03. The van der Waals surface area contributed by atoms with E-state index in [2.05, 4.69) is 11.6 Å². The second kappa shape index (κ2) is 8.45. The molecule has 120 valence electrons. The fraction of sp³-hybridized carbons (Fsp3) is 0.176. The molecule has 0 aliphatic heterocycles. The third kappa shape index (κ3) is 5.19. The highest BCUT2D eigenvalue weighted by Crippen LogP contribution is 2.13. The van der Waals surface area contributed by atoms with Crippen LogP contribution in [0.2, 0.25) is 0 Å². The van der Waals surface area contributed by atoms with Crippen molar-refractivity contribution in [3.05, 3.63) is 56.3 Å². The first-order valence-electron chi connectivity index (χ1n) is 7.05. The molecule has 0 amide bonds. The first-order valence-corrected chi connectivity index (χ1v) is 8.28. The molecule has 0 atom stereocenters. The predicted octanol–water partition coefficient (Wildman–Crippen LogP) is 2.54. The van der Waals surface area contributed by atoms with Crippen LogP contribution in [0, 0.1) is 3.95 Å². The summed E-state index contributed by atoms with van der Waals surface area (Å²) in [5.74, 6) is 0.364. The summed E-state index contributed by atoms with van der Waals surface area (Å²) in [5.41, 5.74) is 0.954. The molecule has 0 saturated heterocycles. The highest BCUT2D eigenvalue weighted by Gasteiger charge is 1.99. The van der Waals surface area contributed by atoms with Crippen molar-refractivity contribution in [2.45, 2.75) is 6.92 Å². The van der Waals surface area contributed by atoms with Crippen LogP contribution in [0.25, 0.3) is 12.2 Å². The lowest BCUT2D eigenvalue weighted by molar-refractivity contribution is -0.135. The Morgan fingerprint density at radius 3 is 3.04 bits per heavy atom. The number of H-pyrrole nitrogens is 1. The zero-order valence-electron chi connectivity index (χ0n) is 12.7. The van der Waals surface area contributed by atoms with E-state index in [1.54, 1.807) is 13.0 Å². The van der Waals surface area contributed by atoms with Crippen molar-refractivity contribution in [1.82, 2.24) is 4.98 Å². The third-order valence-electron chi connectivity index (χ3n) is 2.78. The second-order valence-electron chi connectivity index (χ2n) is 4.51. The van der Waals surface area contributed by atoms with E-state index in [0.717, 1.165) is 15.8 Å². The van der Waals surface area contributed by atoms with Gasteiger partial charge in [0, 0.05) is 6.08 Å². The summed E-state index contributed by atoms with van der Waals surface area (Å²) in [6.45, 7) is 6.18. The molecule has 1 N–H and O–H groups in total. The van der Waals surface area contributed by atoms with Crippen LogP contribution in [0.15, 0.2) is 36.9 Å². The number of benzene rings is 1. The summed E-state index contributed by atoms with van der Waals surface area (Å²) in [7, 11) is 0. The number of thiazole rings is 1. The lowest BCUT2D eigenvalue weighted by Crippen LogP contribution is -2.23. The van der Waals surface area contributed by atoms with Gasteiger partial charge in [0.2, 0.25) is 0 Å². The standard InChI is InChI=1S/C17H17NO3S2/c1-3-8-21-13-7-5-6-12(9-13)10-15-14(18-17(22)23-15)11-16(19)20-4-2/h3,5-7,9-11H,1,4,8H2,2H3,(H,18,22)/b14-11-,15-10-. The molecule has 1 aromatic carbocycles. The normalized spacial score (nSPS) is 12.2. The van der Waals surface area contributed by atoms with E-state index in [4.69, 9.17) is 21.7 Å². The van der Waals surface area contributed by atoms with Crippen LogP contribution in [0.1, 0.15) is 12.5 Å². The summed E-state index contributed by atoms with van der Waals surface area (Å²) < 4.78 is 11.9. The molecule has 0 aliphatic carbocycles. The third-order valence-corrected chi connectivity index (χ3v) is 3.97. The zero-order valence-corrected chi connectivity index (χ0v) is 14.3. The van der Waals surface area contributed by atoms with E-state index >= 15 is 0 Å². The smallest absolute Gasteiger partial charge is 0.332 e. The molecule has 1 heterocycles. The molecule has 0 bridgehead atoms. The monoisotopic (exact) mass is 347 g/mol. The average Bonchev–Trinajstić information content (AvgIpc) is 2.85. The summed E-state index contributed by atoms with van der Waals surface area (Å²) in [4.78, 5) is 14.6. The van der Waals surface area contributed by atoms with Crippen LogP contribution in [0.4, 0.5) is 0 Å². The largest absolute Gasteiger partial charge is 0.490 e. The van der Waals surface area contributed by atoms with Gasteiger partial charge in [-0.25, -0.2) is 4.79 Å². The molecule has 2 rings (SSSR count). The van der Waals surface area contributed by atoms with E-state index in [1.165, 1.54) is 17.4 Å². The molecule has 6 heteroatoms. The zero-order chi connectivity index (χ0) is 16.7. The van der Waals surface area contributed by atoms with Gasteiger partial charge in [0.15, 0.2) is 3.95 Å². The lowest BCUT2D eigenvalue weighted by atomic mass is 10.2. The Balaban J connectivity index is 2.42. The Morgan fingerprint density at radius 2 is 2.30 bits per heavy atom.